The highest BCUT2D eigenvalue weighted by atomic mass is 32.2. The van der Waals surface area contributed by atoms with Gasteiger partial charge < -0.3 is 4.74 Å². The van der Waals surface area contributed by atoms with Crippen LogP contribution in [0.25, 0.3) is 0 Å². The zero-order valence-corrected chi connectivity index (χ0v) is 12.5. The van der Waals surface area contributed by atoms with Gasteiger partial charge in [-0.05, 0) is 33.1 Å². The molecule has 0 radical (unpaired) electrons. The molecule has 0 heterocycles. The Morgan fingerprint density at radius 1 is 1.35 bits per heavy atom. The molecule has 0 spiro atoms. The van der Waals surface area contributed by atoms with Crippen molar-refractivity contribution in [2.75, 3.05) is 7.11 Å². The molecule has 0 aromatic heterocycles. The summed E-state index contributed by atoms with van der Waals surface area (Å²) in [7, 11) is 0.211. The van der Waals surface area contributed by atoms with Crippen LogP contribution in [-0.4, -0.2) is 28.1 Å². The Kier molecular flexibility index (Phi) is 6.94. The predicted octanol–water partition coefficient (Wildman–Crippen LogP) is 2.02. The van der Waals surface area contributed by atoms with E-state index in [0.29, 0.717) is 5.92 Å². The van der Waals surface area contributed by atoms with Crippen molar-refractivity contribution in [1.29, 1.82) is 0 Å². The number of methoxy groups -OCH3 is 1. The van der Waals surface area contributed by atoms with Crippen LogP contribution in [0.1, 0.15) is 47.5 Å². The van der Waals surface area contributed by atoms with Crippen molar-refractivity contribution >= 4 is 17.0 Å². The third-order valence-corrected chi connectivity index (χ3v) is 3.89. The molecule has 1 N–H and O–H groups in total. The molecule has 17 heavy (non-hydrogen) atoms. The van der Waals surface area contributed by atoms with Crippen LogP contribution in [0.3, 0.4) is 0 Å². The van der Waals surface area contributed by atoms with Crippen LogP contribution in [0.5, 0.6) is 0 Å². The first-order chi connectivity index (χ1) is 7.66. The lowest BCUT2D eigenvalue weighted by Gasteiger charge is -2.24. The summed E-state index contributed by atoms with van der Waals surface area (Å²) in [5.74, 6) is 0.170. The summed E-state index contributed by atoms with van der Waals surface area (Å²) in [4.78, 5) is 11.3. The zero-order valence-electron chi connectivity index (χ0n) is 11.7. The molecule has 0 amide bonds. The van der Waals surface area contributed by atoms with Crippen molar-refractivity contribution in [1.82, 2.24) is 4.72 Å². The van der Waals surface area contributed by atoms with Gasteiger partial charge in [-0.15, -0.1) is 0 Å². The Bertz CT molecular complexity index is 271. The Hall–Kier alpha value is -0.420. The fraction of sp³-hybridized carbons (Fsp3) is 0.917. The Morgan fingerprint density at radius 3 is 2.24 bits per heavy atom. The molecule has 0 aromatic rings. The maximum absolute atomic E-state index is 12.0. The first-order valence-corrected chi connectivity index (χ1v) is 7.06. The van der Waals surface area contributed by atoms with Gasteiger partial charge in [-0.1, -0.05) is 13.8 Å². The fourth-order valence-electron chi connectivity index (χ4n) is 1.35. The average molecular weight is 263 g/mol. The molecular weight excluding hydrogens is 238 g/mol. The highest BCUT2D eigenvalue weighted by molar-refractivity contribution is 7.84. The number of carbonyl (C=O) groups excluding carboxylic acids is 1. The quantitative estimate of drug-likeness (QED) is 0.746. The molecule has 1 unspecified atom stereocenters. The molecule has 0 aliphatic heterocycles. The van der Waals surface area contributed by atoms with Crippen LogP contribution in [0.2, 0.25) is 0 Å². The minimum atomic E-state index is -1.16. The molecule has 0 fully saturated rings. The maximum atomic E-state index is 12.0. The molecule has 0 saturated heterocycles. The summed E-state index contributed by atoms with van der Waals surface area (Å²) < 4.78 is 19.3. The number of rotatable bonds is 6. The second kappa shape index (κ2) is 7.11. The van der Waals surface area contributed by atoms with Crippen molar-refractivity contribution in [3.8, 4) is 0 Å². The molecule has 4 nitrogen and oxygen atoms in total. The van der Waals surface area contributed by atoms with E-state index in [4.69, 9.17) is 0 Å². The van der Waals surface area contributed by atoms with E-state index in [-0.39, 0.29) is 23.2 Å². The molecule has 0 aromatic carbocycles. The summed E-state index contributed by atoms with van der Waals surface area (Å²) in [5.41, 5.74) is 0. The number of ether oxygens (including phenoxy) is 1. The summed E-state index contributed by atoms with van der Waals surface area (Å²) in [6.45, 7) is 9.86. The van der Waals surface area contributed by atoms with Crippen molar-refractivity contribution in [2.45, 2.75) is 58.2 Å². The van der Waals surface area contributed by atoms with E-state index >= 15 is 0 Å². The van der Waals surface area contributed by atoms with Crippen LogP contribution >= 0.6 is 0 Å². The van der Waals surface area contributed by atoms with Gasteiger partial charge in [-0.25, -0.2) is 8.93 Å². The van der Waals surface area contributed by atoms with Gasteiger partial charge in [0.1, 0.15) is 0 Å². The van der Waals surface area contributed by atoms with Crippen LogP contribution < -0.4 is 4.72 Å². The predicted molar refractivity (Wildman–Crippen MR) is 70.9 cm³/mol. The average Bonchev–Trinajstić information content (AvgIpc) is 2.14. The molecule has 0 saturated carbocycles. The van der Waals surface area contributed by atoms with Gasteiger partial charge in [-0.3, -0.25) is 4.79 Å². The fourth-order valence-corrected chi connectivity index (χ4v) is 2.19. The first kappa shape index (κ1) is 16.6. The minimum Gasteiger partial charge on any atom is -0.469 e. The molecule has 0 aliphatic carbocycles. The Labute approximate surface area is 107 Å². The largest absolute Gasteiger partial charge is 0.469 e. The normalized spacial score (nSPS) is 15.7. The van der Waals surface area contributed by atoms with Gasteiger partial charge in [0.05, 0.1) is 29.3 Å². The number of carbonyl (C=O) groups is 1. The molecule has 0 rings (SSSR count). The number of hydrogen-bond acceptors (Lipinski definition) is 3. The number of nitrogens with one attached hydrogen (secondary N) is 1. The van der Waals surface area contributed by atoms with E-state index in [2.05, 4.69) is 23.3 Å². The van der Waals surface area contributed by atoms with E-state index in [9.17, 15) is 9.00 Å². The first-order valence-electron chi connectivity index (χ1n) is 5.91. The zero-order chi connectivity index (χ0) is 13.6. The van der Waals surface area contributed by atoms with Gasteiger partial charge in [0.15, 0.2) is 0 Å². The van der Waals surface area contributed by atoms with Crippen molar-refractivity contribution in [3.05, 3.63) is 0 Å². The number of hydrogen-bond donors (Lipinski definition) is 1. The highest BCUT2D eigenvalue weighted by Gasteiger charge is 2.24. The monoisotopic (exact) mass is 263 g/mol. The van der Waals surface area contributed by atoms with Gasteiger partial charge >= 0.3 is 5.97 Å². The van der Waals surface area contributed by atoms with Crippen molar-refractivity contribution in [3.63, 3.8) is 0 Å². The molecule has 2 atom stereocenters. The molecule has 5 heteroatoms. The van der Waals surface area contributed by atoms with E-state index in [0.717, 1.165) is 6.42 Å². The standard InChI is InChI=1S/C12H25NO3S/c1-9(2)7-10(8-11(14)16-6)13-17(15)12(3,4)5/h9-10,13H,7-8H2,1-6H3/t10-,17?/m1/s1. The van der Waals surface area contributed by atoms with Crippen LogP contribution in [-0.2, 0) is 20.5 Å². The smallest absolute Gasteiger partial charge is 0.307 e. The van der Waals surface area contributed by atoms with E-state index in [1.807, 2.05) is 20.8 Å². The molecular formula is C12H25NO3S. The summed E-state index contributed by atoms with van der Waals surface area (Å²) in [5, 5.41) is 0. The van der Waals surface area contributed by atoms with Gasteiger partial charge in [-0.2, -0.15) is 0 Å². The lowest BCUT2D eigenvalue weighted by Crippen LogP contribution is -2.41. The van der Waals surface area contributed by atoms with Crippen LogP contribution in [0.4, 0.5) is 0 Å². The van der Waals surface area contributed by atoms with Crippen molar-refractivity contribution < 1.29 is 13.7 Å². The molecule has 0 bridgehead atoms. The van der Waals surface area contributed by atoms with E-state index in [1.165, 1.54) is 7.11 Å². The van der Waals surface area contributed by atoms with Crippen LogP contribution in [0, 0.1) is 5.92 Å². The maximum Gasteiger partial charge on any atom is 0.307 e. The summed E-state index contributed by atoms with van der Waals surface area (Å²) in [6.07, 6.45) is 1.06. The van der Waals surface area contributed by atoms with Crippen LogP contribution in [0.15, 0.2) is 0 Å². The number of esters is 1. The van der Waals surface area contributed by atoms with Gasteiger partial charge in [0.25, 0.3) is 0 Å². The highest BCUT2D eigenvalue weighted by Crippen LogP contribution is 2.14. The topological polar surface area (TPSA) is 55.4 Å². The molecule has 0 aliphatic rings. The second-order valence-electron chi connectivity index (χ2n) is 5.61. The molecule has 102 valence electrons. The summed E-state index contributed by atoms with van der Waals surface area (Å²) >= 11 is 0. The third-order valence-electron chi connectivity index (χ3n) is 2.23. The lowest BCUT2D eigenvalue weighted by atomic mass is 10.0. The third kappa shape index (κ3) is 7.49. The van der Waals surface area contributed by atoms with Gasteiger partial charge in [0, 0.05) is 6.04 Å². The SMILES string of the molecule is COC(=O)C[C@@H](CC(C)C)NS(=O)C(C)(C)C. The van der Waals surface area contributed by atoms with E-state index < -0.39 is 11.0 Å². The lowest BCUT2D eigenvalue weighted by molar-refractivity contribution is -0.141. The Balaban J connectivity index is 4.48. The summed E-state index contributed by atoms with van der Waals surface area (Å²) in [6, 6.07) is -0.0949. The Morgan fingerprint density at radius 2 is 1.88 bits per heavy atom. The second-order valence-corrected chi connectivity index (χ2v) is 7.60. The van der Waals surface area contributed by atoms with Crippen molar-refractivity contribution in [2.24, 2.45) is 5.92 Å². The van der Waals surface area contributed by atoms with Gasteiger partial charge in [0.2, 0.25) is 0 Å². The minimum absolute atomic E-state index is 0.0949. The van der Waals surface area contributed by atoms with E-state index in [1.54, 1.807) is 0 Å².